The molecule has 1 heterocycles. The first-order valence-electron chi connectivity index (χ1n) is 7.31. The summed E-state index contributed by atoms with van der Waals surface area (Å²) in [6.45, 7) is 3.57. The van der Waals surface area contributed by atoms with E-state index in [9.17, 15) is 13.2 Å². The predicted octanol–water partition coefficient (Wildman–Crippen LogP) is 2.00. The molecule has 0 spiro atoms. The van der Waals surface area contributed by atoms with Gasteiger partial charge in [-0.1, -0.05) is 37.3 Å². The molecular weight excluding hydrogens is 286 g/mol. The van der Waals surface area contributed by atoms with Gasteiger partial charge in [-0.2, -0.15) is 0 Å². The topological polar surface area (TPSA) is 54.5 Å². The predicted molar refractivity (Wildman–Crippen MR) is 83.9 cm³/mol. The molecule has 0 aliphatic carbocycles. The van der Waals surface area contributed by atoms with Gasteiger partial charge in [-0.3, -0.25) is 4.79 Å². The minimum absolute atomic E-state index is 0.0414. The van der Waals surface area contributed by atoms with Gasteiger partial charge in [-0.15, -0.1) is 0 Å². The van der Waals surface area contributed by atoms with E-state index in [0.717, 1.165) is 19.4 Å². The van der Waals surface area contributed by atoms with E-state index in [-0.39, 0.29) is 23.5 Å². The van der Waals surface area contributed by atoms with Gasteiger partial charge in [0.15, 0.2) is 0 Å². The zero-order valence-electron chi connectivity index (χ0n) is 12.7. The molecule has 5 heteroatoms. The summed E-state index contributed by atoms with van der Waals surface area (Å²) in [5.74, 6) is -0.119. The zero-order chi connectivity index (χ0) is 15.5. The number of sulfone groups is 1. The van der Waals surface area contributed by atoms with Gasteiger partial charge in [-0.25, -0.2) is 8.42 Å². The number of benzene rings is 1. The van der Waals surface area contributed by atoms with Crippen LogP contribution in [0.3, 0.4) is 0 Å². The molecule has 1 amide bonds. The number of likely N-dealkylation sites (tertiary alicyclic amines) is 1. The molecule has 1 fully saturated rings. The maximum Gasteiger partial charge on any atom is 0.223 e. The van der Waals surface area contributed by atoms with Crippen LogP contribution < -0.4 is 0 Å². The van der Waals surface area contributed by atoms with Crippen LogP contribution in [0, 0.1) is 0 Å². The van der Waals surface area contributed by atoms with Crippen molar-refractivity contribution in [1.29, 1.82) is 0 Å². The first-order valence-corrected chi connectivity index (χ1v) is 9.37. The molecule has 1 atom stereocenters. The van der Waals surface area contributed by atoms with Crippen LogP contribution in [0.1, 0.15) is 31.7 Å². The van der Waals surface area contributed by atoms with E-state index in [1.54, 1.807) is 0 Å². The smallest absolute Gasteiger partial charge is 0.223 e. The van der Waals surface area contributed by atoms with Crippen LogP contribution in [0.4, 0.5) is 0 Å². The van der Waals surface area contributed by atoms with E-state index < -0.39 is 9.84 Å². The lowest BCUT2D eigenvalue weighted by atomic mass is 9.76. The number of amides is 1. The van der Waals surface area contributed by atoms with E-state index in [1.165, 1.54) is 11.8 Å². The summed E-state index contributed by atoms with van der Waals surface area (Å²) in [5, 5.41) is 0. The third-order valence-corrected chi connectivity index (χ3v) is 5.15. The average molecular weight is 309 g/mol. The Kier molecular flexibility index (Phi) is 4.71. The molecule has 1 aliphatic rings. The Morgan fingerprint density at radius 3 is 2.57 bits per heavy atom. The van der Waals surface area contributed by atoms with Gasteiger partial charge in [0.25, 0.3) is 0 Å². The van der Waals surface area contributed by atoms with Gasteiger partial charge < -0.3 is 4.90 Å². The summed E-state index contributed by atoms with van der Waals surface area (Å²) >= 11 is 0. The number of carbonyl (C=O) groups is 1. The molecule has 116 valence electrons. The van der Waals surface area contributed by atoms with E-state index in [0.29, 0.717) is 6.54 Å². The van der Waals surface area contributed by atoms with Crippen LogP contribution in [0.2, 0.25) is 0 Å². The highest BCUT2D eigenvalue weighted by Gasteiger charge is 2.34. The molecule has 0 saturated carbocycles. The standard InChI is InChI=1S/C16H23NO3S/c1-16(14-7-4-3-5-8-14)10-6-11-17(13-16)15(18)9-12-21(2,19)20/h3-5,7-8H,6,9-13H2,1-2H3/t16-/m0/s1. The number of carbonyl (C=O) groups excluding carboxylic acids is 1. The number of hydrogen-bond acceptors (Lipinski definition) is 3. The summed E-state index contributed by atoms with van der Waals surface area (Å²) in [6.07, 6.45) is 3.26. The fraction of sp³-hybridized carbons (Fsp3) is 0.562. The SMILES string of the molecule is C[C@]1(c2ccccc2)CCCN(C(=O)CCS(C)(=O)=O)C1. The van der Waals surface area contributed by atoms with Crippen molar-refractivity contribution in [3.63, 3.8) is 0 Å². The highest BCUT2D eigenvalue weighted by Crippen LogP contribution is 2.33. The van der Waals surface area contributed by atoms with Crippen molar-refractivity contribution in [2.75, 3.05) is 25.1 Å². The zero-order valence-corrected chi connectivity index (χ0v) is 13.5. The number of rotatable bonds is 4. The summed E-state index contributed by atoms with van der Waals surface area (Å²) in [6, 6.07) is 10.2. The third-order valence-electron chi connectivity index (χ3n) is 4.21. The van der Waals surface area contributed by atoms with Crippen molar-refractivity contribution >= 4 is 15.7 Å². The lowest BCUT2D eigenvalue weighted by Gasteiger charge is -2.41. The second kappa shape index (κ2) is 6.18. The Labute approximate surface area is 127 Å². The molecule has 0 aromatic heterocycles. The average Bonchev–Trinajstić information content (AvgIpc) is 2.45. The first kappa shape index (κ1) is 16.0. The Hall–Kier alpha value is -1.36. The van der Waals surface area contributed by atoms with Crippen LogP contribution >= 0.6 is 0 Å². The highest BCUT2D eigenvalue weighted by atomic mass is 32.2. The van der Waals surface area contributed by atoms with Gasteiger partial charge >= 0.3 is 0 Å². The van der Waals surface area contributed by atoms with Gasteiger partial charge in [0.2, 0.25) is 5.91 Å². The van der Waals surface area contributed by atoms with Gasteiger partial charge in [0, 0.05) is 31.2 Å². The van der Waals surface area contributed by atoms with E-state index >= 15 is 0 Å². The highest BCUT2D eigenvalue weighted by molar-refractivity contribution is 7.90. The van der Waals surface area contributed by atoms with E-state index in [2.05, 4.69) is 19.1 Å². The van der Waals surface area contributed by atoms with Crippen molar-refractivity contribution in [1.82, 2.24) is 4.90 Å². The molecule has 0 radical (unpaired) electrons. The Morgan fingerprint density at radius 1 is 1.29 bits per heavy atom. The van der Waals surface area contributed by atoms with Crippen LogP contribution in [0.25, 0.3) is 0 Å². The lowest BCUT2D eigenvalue weighted by molar-refractivity contribution is -0.132. The van der Waals surface area contributed by atoms with Crippen molar-refractivity contribution in [2.24, 2.45) is 0 Å². The fourth-order valence-corrected chi connectivity index (χ4v) is 3.50. The van der Waals surface area contributed by atoms with Crippen molar-refractivity contribution in [3.8, 4) is 0 Å². The maximum absolute atomic E-state index is 12.2. The molecule has 1 aromatic carbocycles. The second-order valence-electron chi connectivity index (χ2n) is 6.23. The number of hydrogen-bond donors (Lipinski definition) is 0. The molecular formula is C16H23NO3S. The molecule has 4 nitrogen and oxygen atoms in total. The Balaban J connectivity index is 2.05. The van der Waals surface area contributed by atoms with Crippen LogP contribution in [-0.4, -0.2) is 44.3 Å². The molecule has 1 saturated heterocycles. The van der Waals surface area contributed by atoms with Crippen molar-refractivity contribution in [2.45, 2.75) is 31.6 Å². The van der Waals surface area contributed by atoms with E-state index in [1.807, 2.05) is 23.1 Å². The summed E-state index contributed by atoms with van der Waals surface area (Å²) in [4.78, 5) is 14.0. The molecule has 0 N–H and O–H groups in total. The van der Waals surface area contributed by atoms with E-state index in [4.69, 9.17) is 0 Å². The number of piperidine rings is 1. The largest absolute Gasteiger partial charge is 0.342 e. The third kappa shape index (κ3) is 4.30. The summed E-state index contributed by atoms with van der Waals surface area (Å²) < 4.78 is 22.4. The maximum atomic E-state index is 12.2. The minimum atomic E-state index is -3.09. The normalized spacial score (nSPS) is 23.0. The molecule has 0 bridgehead atoms. The summed E-state index contributed by atoms with van der Waals surface area (Å²) in [7, 11) is -3.09. The van der Waals surface area contributed by atoms with Crippen LogP contribution in [0.15, 0.2) is 30.3 Å². The molecule has 0 unspecified atom stereocenters. The van der Waals surface area contributed by atoms with Crippen molar-refractivity contribution < 1.29 is 13.2 Å². The second-order valence-corrected chi connectivity index (χ2v) is 8.49. The quantitative estimate of drug-likeness (QED) is 0.855. The summed E-state index contributed by atoms with van der Waals surface area (Å²) in [5.41, 5.74) is 1.20. The Bertz CT molecular complexity index is 597. The minimum Gasteiger partial charge on any atom is -0.342 e. The first-order chi connectivity index (χ1) is 9.80. The van der Waals surface area contributed by atoms with Gasteiger partial charge in [-0.05, 0) is 18.4 Å². The molecule has 21 heavy (non-hydrogen) atoms. The van der Waals surface area contributed by atoms with Gasteiger partial charge in [0.1, 0.15) is 9.84 Å². The molecule has 2 rings (SSSR count). The van der Waals surface area contributed by atoms with Crippen molar-refractivity contribution in [3.05, 3.63) is 35.9 Å². The van der Waals surface area contributed by atoms with Gasteiger partial charge in [0.05, 0.1) is 5.75 Å². The Morgan fingerprint density at radius 2 is 1.95 bits per heavy atom. The van der Waals surface area contributed by atoms with Crippen LogP contribution in [0.5, 0.6) is 0 Å². The fourth-order valence-electron chi connectivity index (χ4n) is 2.96. The molecule has 1 aliphatic heterocycles. The lowest BCUT2D eigenvalue weighted by Crippen LogP contribution is -2.47. The molecule has 1 aromatic rings. The van der Waals surface area contributed by atoms with Crippen LogP contribution in [-0.2, 0) is 20.0 Å². The monoisotopic (exact) mass is 309 g/mol. The number of nitrogens with zero attached hydrogens (tertiary/aromatic N) is 1.